The number of halogens is 1. The highest BCUT2D eigenvalue weighted by atomic mass is 35.5. The zero-order chi connectivity index (χ0) is 12.7. The van der Waals surface area contributed by atoms with Crippen LogP contribution >= 0.6 is 11.6 Å². The Morgan fingerprint density at radius 2 is 2.28 bits per heavy atom. The minimum absolute atomic E-state index is 0.331. The fourth-order valence-corrected chi connectivity index (χ4v) is 3.15. The van der Waals surface area contributed by atoms with Crippen LogP contribution in [0.25, 0.3) is 10.8 Å². The van der Waals surface area contributed by atoms with E-state index in [0.29, 0.717) is 17.5 Å². The van der Waals surface area contributed by atoms with E-state index in [9.17, 15) is 5.11 Å². The van der Waals surface area contributed by atoms with Gasteiger partial charge in [-0.1, -0.05) is 25.1 Å². The summed E-state index contributed by atoms with van der Waals surface area (Å²) >= 11 is 6.07. The molecule has 0 aliphatic carbocycles. The minimum atomic E-state index is 0.331. The Balaban J connectivity index is 2.41. The maximum atomic E-state index is 10.1. The molecule has 3 rings (SSSR count). The van der Waals surface area contributed by atoms with Gasteiger partial charge in [0.25, 0.3) is 0 Å². The Morgan fingerprint density at radius 1 is 1.44 bits per heavy atom. The summed E-state index contributed by atoms with van der Waals surface area (Å²) in [6.45, 7) is 3.00. The lowest BCUT2D eigenvalue weighted by atomic mass is 9.91. The molecule has 1 atom stereocenters. The van der Waals surface area contributed by atoms with Gasteiger partial charge in [0.1, 0.15) is 5.75 Å². The second kappa shape index (κ2) is 4.36. The summed E-state index contributed by atoms with van der Waals surface area (Å²) in [7, 11) is 0. The third kappa shape index (κ3) is 1.56. The first-order valence-corrected chi connectivity index (χ1v) is 6.87. The van der Waals surface area contributed by atoms with Gasteiger partial charge in [0, 0.05) is 35.5 Å². The summed E-state index contributed by atoms with van der Waals surface area (Å²) in [5.74, 6) is 1.29. The van der Waals surface area contributed by atoms with Gasteiger partial charge in [-0.2, -0.15) is 0 Å². The molecule has 0 radical (unpaired) electrons. The van der Waals surface area contributed by atoms with E-state index in [-0.39, 0.29) is 0 Å². The maximum absolute atomic E-state index is 10.1. The van der Waals surface area contributed by atoms with Crippen molar-refractivity contribution >= 4 is 28.1 Å². The van der Waals surface area contributed by atoms with Crippen molar-refractivity contribution in [2.24, 2.45) is 0 Å². The highest BCUT2D eigenvalue weighted by Gasteiger charge is 2.26. The molecular weight excluding hydrogens is 246 g/mol. The number of benzene rings is 2. The van der Waals surface area contributed by atoms with Crippen LogP contribution in [0.15, 0.2) is 24.3 Å². The topological polar surface area (TPSA) is 32.3 Å². The molecule has 2 aromatic rings. The minimum Gasteiger partial charge on any atom is -0.507 e. The van der Waals surface area contributed by atoms with Crippen molar-refractivity contribution in [1.82, 2.24) is 0 Å². The lowest BCUT2D eigenvalue weighted by Crippen LogP contribution is -2.03. The van der Waals surface area contributed by atoms with E-state index >= 15 is 0 Å². The van der Waals surface area contributed by atoms with Crippen molar-refractivity contribution in [3.63, 3.8) is 0 Å². The first kappa shape index (κ1) is 11.7. The average Bonchev–Trinajstić information content (AvgIpc) is 2.81. The predicted octanol–water partition coefficient (Wildman–Crippen LogP) is 3.86. The van der Waals surface area contributed by atoms with Crippen LogP contribution in [0.4, 0.5) is 5.69 Å². The third-order valence-corrected chi connectivity index (χ3v) is 4.15. The first-order valence-electron chi connectivity index (χ1n) is 6.33. The molecule has 0 bridgehead atoms. The molecule has 0 aromatic heterocycles. The smallest absolute Gasteiger partial charge is 0.125 e. The van der Waals surface area contributed by atoms with E-state index in [1.807, 2.05) is 18.2 Å². The quantitative estimate of drug-likeness (QED) is 0.805. The Labute approximate surface area is 112 Å². The van der Waals surface area contributed by atoms with Gasteiger partial charge in [-0.05, 0) is 22.9 Å². The van der Waals surface area contributed by atoms with Crippen molar-refractivity contribution in [3.8, 4) is 5.75 Å². The molecule has 1 aliphatic rings. The second-order valence-corrected chi connectivity index (χ2v) is 5.09. The molecule has 0 unspecified atom stereocenters. The standard InChI is InChI=1S/C15H16ClNO/c1-2-9-4-3-5-11-13(18)6-12-15(14(9)11)10(7-16)8-17-12/h3-6,10,17-18H,2,7-8H2,1H3/t10-/m1/s1. The lowest BCUT2D eigenvalue weighted by Gasteiger charge is -2.14. The number of hydrogen-bond acceptors (Lipinski definition) is 2. The van der Waals surface area contributed by atoms with Gasteiger partial charge in [-0.3, -0.25) is 0 Å². The normalized spacial score (nSPS) is 17.8. The number of nitrogens with one attached hydrogen (secondary N) is 1. The summed E-state index contributed by atoms with van der Waals surface area (Å²) in [5.41, 5.74) is 3.58. The number of aryl methyl sites for hydroxylation is 1. The molecule has 2 nitrogen and oxygen atoms in total. The van der Waals surface area contributed by atoms with Gasteiger partial charge in [0.15, 0.2) is 0 Å². The van der Waals surface area contributed by atoms with Crippen LogP contribution in [0, 0.1) is 0 Å². The number of fused-ring (bicyclic) bond motifs is 3. The van der Waals surface area contributed by atoms with Crippen LogP contribution in [-0.4, -0.2) is 17.5 Å². The molecule has 2 aromatic carbocycles. The SMILES string of the molecule is CCc1cccc2c(O)cc3c(c12)[C@H](CCl)CN3. The van der Waals surface area contributed by atoms with E-state index in [2.05, 4.69) is 18.3 Å². The van der Waals surface area contributed by atoms with Crippen molar-refractivity contribution in [2.45, 2.75) is 19.3 Å². The van der Waals surface area contributed by atoms with Gasteiger partial charge >= 0.3 is 0 Å². The fraction of sp³-hybridized carbons (Fsp3) is 0.333. The Kier molecular flexibility index (Phi) is 2.83. The number of anilines is 1. The molecule has 94 valence electrons. The summed E-state index contributed by atoms with van der Waals surface area (Å²) in [6.07, 6.45) is 0.961. The zero-order valence-corrected chi connectivity index (χ0v) is 11.1. The van der Waals surface area contributed by atoms with Crippen LogP contribution in [0.2, 0.25) is 0 Å². The van der Waals surface area contributed by atoms with Gasteiger partial charge in [0.05, 0.1) is 0 Å². The molecule has 0 amide bonds. The summed E-state index contributed by atoms with van der Waals surface area (Å²) < 4.78 is 0. The molecule has 3 heteroatoms. The predicted molar refractivity (Wildman–Crippen MR) is 76.9 cm³/mol. The Bertz CT molecular complexity index is 609. The van der Waals surface area contributed by atoms with Crippen LogP contribution in [0.1, 0.15) is 24.0 Å². The van der Waals surface area contributed by atoms with Crippen LogP contribution in [0.3, 0.4) is 0 Å². The van der Waals surface area contributed by atoms with Gasteiger partial charge in [-0.15, -0.1) is 11.6 Å². The number of alkyl halides is 1. The van der Waals surface area contributed by atoms with Crippen LogP contribution in [0.5, 0.6) is 5.75 Å². The molecule has 1 heterocycles. The molecular formula is C15H16ClNO. The molecule has 18 heavy (non-hydrogen) atoms. The Hall–Kier alpha value is -1.41. The maximum Gasteiger partial charge on any atom is 0.125 e. The number of phenols is 1. The van der Waals surface area contributed by atoms with E-state index in [1.54, 1.807) is 0 Å². The van der Waals surface area contributed by atoms with Crippen molar-refractivity contribution in [3.05, 3.63) is 35.4 Å². The third-order valence-electron chi connectivity index (χ3n) is 3.78. The highest BCUT2D eigenvalue weighted by molar-refractivity contribution is 6.18. The van der Waals surface area contributed by atoms with Gasteiger partial charge in [0.2, 0.25) is 0 Å². The van der Waals surface area contributed by atoms with E-state index in [0.717, 1.165) is 24.0 Å². The number of hydrogen-bond donors (Lipinski definition) is 2. The summed E-state index contributed by atoms with van der Waals surface area (Å²) in [5, 5.41) is 15.6. The van der Waals surface area contributed by atoms with Crippen LogP contribution in [-0.2, 0) is 6.42 Å². The second-order valence-electron chi connectivity index (χ2n) is 4.78. The molecule has 0 spiro atoms. The number of aromatic hydroxyl groups is 1. The molecule has 0 fully saturated rings. The number of phenolic OH excluding ortho intramolecular Hbond substituents is 1. The Morgan fingerprint density at radius 3 is 3.00 bits per heavy atom. The number of rotatable bonds is 2. The fourth-order valence-electron chi connectivity index (χ4n) is 2.89. The first-order chi connectivity index (χ1) is 8.76. The van der Waals surface area contributed by atoms with Crippen LogP contribution < -0.4 is 5.32 Å². The van der Waals surface area contributed by atoms with E-state index in [1.165, 1.54) is 16.5 Å². The van der Waals surface area contributed by atoms with E-state index in [4.69, 9.17) is 11.6 Å². The zero-order valence-electron chi connectivity index (χ0n) is 10.3. The molecule has 2 N–H and O–H groups in total. The van der Waals surface area contributed by atoms with Crippen molar-refractivity contribution in [2.75, 3.05) is 17.7 Å². The van der Waals surface area contributed by atoms with Gasteiger partial charge < -0.3 is 10.4 Å². The average molecular weight is 262 g/mol. The highest BCUT2D eigenvalue weighted by Crippen LogP contribution is 2.43. The largest absolute Gasteiger partial charge is 0.507 e. The summed E-state index contributed by atoms with van der Waals surface area (Å²) in [4.78, 5) is 0. The molecule has 0 saturated heterocycles. The van der Waals surface area contributed by atoms with E-state index < -0.39 is 0 Å². The molecule has 0 saturated carbocycles. The van der Waals surface area contributed by atoms with Crippen molar-refractivity contribution in [1.29, 1.82) is 0 Å². The van der Waals surface area contributed by atoms with Gasteiger partial charge in [-0.25, -0.2) is 0 Å². The lowest BCUT2D eigenvalue weighted by molar-refractivity contribution is 0.482. The van der Waals surface area contributed by atoms with Crippen molar-refractivity contribution < 1.29 is 5.11 Å². The molecule has 1 aliphatic heterocycles. The summed E-state index contributed by atoms with van der Waals surface area (Å²) in [6, 6.07) is 7.94. The monoisotopic (exact) mass is 261 g/mol.